The lowest BCUT2D eigenvalue weighted by Crippen LogP contribution is -2.48. The molecule has 114 valence electrons. The third kappa shape index (κ3) is 3.35. The van der Waals surface area contributed by atoms with Crippen LogP contribution in [0, 0.1) is 5.92 Å². The molecule has 0 radical (unpaired) electrons. The van der Waals surface area contributed by atoms with Crippen molar-refractivity contribution in [3.8, 4) is 0 Å². The summed E-state index contributed by atoms with van der Waals surface area (Å²) in [5.74, 6) is 0.550. The van der Waals surface area contributed by atoms with Crippen molar-refractivity contribution in [1.82, 2.24) is 4.90 Å². The molecule has 1 amide bonds. The molecule has 5 heteroatoms. The van der Waals surface area contributed by atoms with Crippen LogP contribution in [0.15, 0.2) is 0 Å². The van der Waals surface area contributed by atoms with E-state index in [1.165, 1.54) is 6.42 Å². The maximum atomic E-state index is 12.5. The Bertz CT molecular complexity index is 391. The van der Waals surface area contributed by atoms with Gasteiger partial charge in [0.1, 0.15) is 5.60 Å². The second kappa shape index (κ2) is 6.04. The Balaban J connectivity index is 2.19. The van der Waals surface area contributed by atoms with Crippen molar-refractivity contribution in [2.45, 2.75) is 70.6 Å². The first-order valence-corrected chi connectivity index (χ1v) is 8.55. The van der Waals surface area contributed by atoms with E-state index in [2.05, 4.69) is 15.9 Å². The number of ether oxygens (including phenoxy) is 1. The second-order valence-electron chi connectivity index (χ2n) is 6.85. The van der Waals surface area contributed by atoms with E-state index in [9.17, 15) is 9.59 Å². The Morgan fingerprint density at radius 2 is 1.90 bits per heavy atom. The average molecular weight is 346 g/mol. The SMILES string of the molecule is CC(C)(C)OC(=O)N1C(C(=O)CBr)CC2CCCCC21. The number of fused-ring (bicyclic) bond motifs is 1. The molecular formula is C15H24BrNO3. The third-order valence-corrected chi connectivity index (χ3v) is 4.75. The van der Waals surface area contributed by atoms with Crippen LogP contribution in [-0.4, -0.2) is 39.8 Å². The Labute approximate surface area is 129 Å². The first-order chi connectivity index (χ1) is 9.33. The highest BCUT2D eigenvalue weighted by Gasteiger charge is 2.48. The van der Waals surface area contributed by atoms with Crippen molar-refractivity contribution in [2.75, 3.05) is 5.33 Å². The molecule has 2 fully saturated rings. The molecule has 0 spiro atoms. The normalized spacial score (nSPS) is 30.0. The quantitative estimate of drug-likeness (QED) is 0.719. The van der Waals surface area contributed by atoms with Crippen LogP contribution < -0.4 is 0 Å². The maximum Gasteiger partial charge on any atom is 0.411 e. The zero-order chi connectivity index (χ0) is 14.9. The van der Waals surface area contributed by atoms with Crippen molar-refractivity contribution < 1.29 is 14.3 Å². The Kier molecular flexibility index (Phi) is 4.77. The van der Waals surface area contributed by atoms with Gasteiger partial charge < -0.3 is 4.74 Å². The number of ketones is 1. The smallest absolute Gasteiger partial charge is 0.411 e. The Morgan fingerprint density at radius 3 is 2.50 bits per heavy atom. The topological polar surface area (TPSA) is 46.6 Å². The monoisotopic (exact) mass is 345 g/mol. The largest absolute Gasteiger partial charge is 0.444 e. The van der Waals surface area contributed by atoms with Crippen molar-refractivity contribution in [1.29, 1.82) is 0 Å². The highest BCUT2D eigenvalue weighted by atomic mass is 79.9. The number of nitrogens with zero attached hydrogens (tertiary/aromatic N) is 1. The van der Waals surface area contributed by atoms with E-state index in [1.54, 1.807) is 4.90 Å². The van der Waals surface area contributed by atoms with Crippen LogP contribution >= 0.6 is 15.9 Å². The molecule has 1 aliphatic heterocycles. The molecule has 3 atom stereocenters. The molecule has 1 heterocycles. The van der Waals surface area contributed by atoms with Gasteiger partial charge in [0, 0.05) is 6.04 Å². The summed E-state index contributed by atoms with van der Waals surface area (Å²) in [7, 11) is 0. The lowest BCUT2D eigenvalue weighted by molar-refractivity contribution is -0.121. The molecule has 0 bridgehead atoms. The molecule has 2 aliphatic rings. The maximum absolute atomic E-state index is 12.5. The van der Waals surface area contributed by atoms with Gasteiger partial charge in [-0.05, 0) is 46.0 Å². The molecule has 20 heavy (non-hydrogen) atoms. The van der Waals surface area contributed by atoms with Crippen LogP contribution in [0.1, 0.15) is 52.9 Å². The predicted molar refractivity (Wildman–Crippen MR) is 81.0 cm³/mol. The molecule has 0 aromatic carbocycles. The van der Waals surface area contributed by atoms with Gasteiger partial charge >= 0.3 is 6.09 Å². The Morgan fingerprint density at radius 1 is 1.25 bits per heavy atom. The zero-order valence-electron chi connectivity index (χ0n) is 12.5. The fourth-order valence-corrected chi connectivity index (χ4v) is 3.79. The van der Waals surface area contributed by atoms with E-state index in [0.29, 0.717) is 11.2 Å². The van der Waals surface area contributed by atoms with Gasteiger partial charge in [-0.1, -0.05) is 28.8 Å². The highest BCUT2D eigenvalue weighted by molar-refractivity contribution is 9.09. The van der Waals surface area contributed by atoms with E-state index in [4.69, 9.17) is 4.74 Å². The number of hydrogen-bond donors (Lipinski definition) is 0. The summed E-state index contributed by atoms with van der Waals surface area (Å²) in [6.45, 7) is 5.59. The van der Waals surface area contributed by atoms with Gasteiger partial charge in [0.25, 0.3) is 0 Å². The van der Waals surface area contributed by atoms with Gasteiger partial charge in [-0.25, -0.2) is 4.79 Å². The van der Waals surface area contributed by atoms with Crippen LogP contribution in [0.4, 0.5) is 4.79 Å². The molecule has 1 saturated carbocycles. The van der Waals surface area contributed by atoms with E-state index >= 15 is 0 Å². The predicted octanol–water partition coefficient (Wildman–Crippen LogP) is 3.52. The fourth-order valence-electron chi connectivity index (χ4n) is 3.41. The zero-order valence-corrected chi connectivity index (χ0v) is 14.1. The summed E-state index contributed by atoms with van der Waals surface area (Å²) < 4.78 is 5.52. The van der Waals surface area contributed by atoms with Crippen LogP contribution in [0.3, 0.4) is 0 Å². The van der Waals surface area contributed by atoms with Crippen molar-refractivity contribution >= 4 is 27.8 Å². The summed E-state index contributed by atoms with van der Waals surface area (Å²) in [6, 6.07) is -0.121. The third-order valence-electron chi connectivity index (χ3n) is 4.20. The van der Waals surface area contributed by atoms with Gasteiger partial charge in [-0.2, -0.15) is 0 Å². The van der Waals surface area contributed by atoms with Crippen LogP contribution in [0.25, 0.3) is 0 Å². The number of halogens is 1. The number of amides is 1. The molecule has 1 saturated heterocycles. The standard InChI is InChI=1S/C15H24BrNO3/c1-15(2,3)20-14(19)17-11-7-5-4-6-10(11)8-12(17)13(18)9-16/h10-12H,4-9H2,1-3H3. The summed E-state index contributed by atoms with van der Waals surface area (Å²) in [5, 5.41) is 0.302. The molecule has 3 unspecified atom stereocenters. The minimum Gasteiger partial charge on any atom is -0.444 e. The molecule has 0 N–H and O–H groups in total. The fraction of sp³-hybridized carbons (Fsp3) is 0.867. The van der Waals surface area contributed by atoms with Crippen LogP contribution in [0.5, 0.6) is 0 Å². The molecule has 1 aliphatic carbocycles. The molecule has 2 rings (SSSR count). The number of alkyl halides is 1. The van der Waals surface area contributed by atoms with Gasteiger partial charge in [0.15, 0.2) is 5.78 Å². The summed E-state index contributed by atoms with van der Waals surface area (Å²) in [5.41, 5.74) is -0.522. The van der Waals surface area contributed by atoms with Crippen LogP contribution in [0.2, 0.25) is 0 Å². The highest BCUT2D eigenvalue weighted by Crippen LogP contribution is 2.40. The molecular weight excluding hydrogens is 322 g/mol. The van der Waals surface area contributed by atoms with Crippen molar-refractivity contribution in [2.24, 2.45) is 5.92 Å². The van der Waals surface area contributed by atoms with Gasteiger partial charge in [0.2, 0.25) is 0 Å². The second-order valence-corrected chi connectivity index (χ2v) is 7.41. The number of carbonyl (C=O) groups is 2. The van der Waals surface area contributed by atoms with Gasteiger partial charge in [-0.3, -0.25) is 9.69 Å². The van der Waals surface area contributed by atoms with Crippen molar-refractivity contribution in [3.05, 3.63) is 0 Å². The summed E-state index contributed by atoms with van der Waals surface area (Å²) in [4.78, 5) is 26.4. The summed E-state index contributed by atoms with van der Waals surface area (Å²) in [6.07, 6.45) is 4.93. The number of carbonyl (C=O) groups excluding carboxylic acids is 2. The van der Waals surface area contributed by atoms with Gasteiger partial charge in [-0.15, -0.1) is 0 Å². The van der Waals surface area contributed by atoms with E-state index in [1.807, 2.05) is 20.8 Å². The van der Waals surface area contributed by atoms with E-state index in [0.717, 1.165) is 25.7 Å². The number of rotatable bonds is 2. The minimum absolute atomic E-state index is 0.0882. The number of likely N-dealkylation sites (tertiary alicyclic amines) is 1. The lowest BCUT2D eigenvalue weighted by Gasteiger charge is -2.34. The molecule has 0 aromatic heterocycles. The minimum atomic E-state index is -0.522. The average Bonchev–Trinajstić information content (AvgIpc) is 2.75. The van der Waals surface area contributed by atoms with E-state index < -0.39 is 5.60 Å². The number of Topliss-reactive ketones (excluding diaryl/α,β-unsaturated/α-hetero) is 1. The van der Waals surface area contributed by atoms with E-state index in [-0.39, 0.29) is 24.0 Å². The summed E-state index contributed by atoms with van der Waals surface area (Å²) >= 11 is 3.23. The molecule has 0 aromatic rings. The molecule has 4 nitrogen and oxygen atoms in total. The van der Waals surface area contributed by atoms with Crippen LogP contribution in [-0.2, 0) is 9.53 Å². The van der Waals surface area contributed by atoms with Gasteiger partial charge in [0.05, 0.1) is 11.4 Å². The lowest BCUT2D eigenvalue weighted by atomic mass is 9.84. The number of hydrogen-bond acceptors (Lipinski definition) is 3. The Hall–Kier alpha value is -0.580. The van der Waals surface area contributed by atoms with Crippen molar-refractivity contribution in [3.63, 3.8) is 0 Å². The first kappa shape index (κ1) is 15.8. The first-order valence-electron chi connectivity index (χ1n) is 7.43.